The Labute approximate surface area is 106 Å². The maximum Gasteiger partial charge on any atom is 0.294 e. The Hall–Kier alpha value is -0.653. The molecule has 1 rings (SSSR count). The molecule has 0 amide bonds. The Morgan fingerprint density at radius 1 is 1.18 bits per heavy atom. The molecule has 5 heteroatoms. The van der Waals surface area contributed by atoms with Crippen molar-refractivity contribution < 1.29 is 13.0 Å². The van der Waals surface area contributed by atoms with E-state index in [1.165, 1.54) is 0 Å². The molecule has 93 valence electrons. The maximum absolute atomic E-state index is 11.3. The van der Waals surface area contributed by atoms with E-state index in [0.29, 0.717) is 5.19 Å². The van der Waals surface area contributed by atoms with E-state index in [1.54, 1.807) is 6.07 Å². The summed E-state index contributed by atoms with van der Waals surface area (Å²) in [5.41, 5.74) is 2.62. The summed E-state index contributed by atoms with van der Waals surface area (Å²) in [7, 11) is -0.920. The van der Waals surface area contributed by atoms with Crippen LogP contribution in [-0.4, -0.2) is 23.2 Å². The van der Waals surface area contributed by atoms with Crippen molar-refractivity contribution in [2.24, 2.45) is 0 Å². The fraction of sp³-hybridized carbons (Fsp3) is 0.500. The second-order valence-corrected chi connectivity index (χ2v) is 7.16. The summed E-state index contributed by atoms with van der Waals surface area (Å²) in [6.45, 7) is 9.82. The summed E-state index contributed by atoms with van der Waals surface area (Å²) in [6.07, 6.45) is 0. The average Bonchev–Trinajstić information content (AvgIpc) is 2.10. The minimum Gasteiger partial charge on any atom is -0.282 e. The molecule has 0 aliphatic rings. The SMILES string of the molecule is Cc1c(C(C)(C)C)cc(S(=O)(=O)O)c([Si])c1C. The third-order valence-corrected chi connectivity index (χ3v) is 4.65. The van der Waals surface area contributed by atoms with Gasteiger partial charge in [0.25, 0.3) is 10.1 Å². The predicted octanol–water partition coefficient (Wildman–Crippen LogP) is 1.64. The van der Waals surface area contributed by atoms with Gasteiger partial charge in [-0.1, -0.05) is 20.8 Å². The van der Waals surface area contributed by atoms with Crippen LogP contribution in [0.25, 0.3) is 0 Å². The van der Waals surface area contributed by atoms with E-state index < -0.39 is 10.1 Å². The Balaban J connectivity index is 3.75. The largest absolute Gasteiger partial charge is 0.294 e. The van der Waals surface area contributed by atoms with Crippen molar-refractivity contribution in [3.63, 3.8) is 0 Å². The third kappa shape index (κ3) is 2.78. The molecule has 0 bridgehead atoms. The molecule has 0 atom stereocenters. The molecule has 0 aliphatic heterocycles. The van der Waals surface area contributed by atoms with Gasteiger partial charge in [0, 0.05) is 0 Å². The molecule has 1 N–H and O–H groups in total. The first-order valence-corrected chi connectivity index (χ1v) is 7.24. The van der Waals surface area contributed by atoms with Crippen molar-refractivity contribution >= 4 is 25.5 Å². The van der Waals surface area contributed by atoms with E-state index in [4.69, 9.17) is 0 Å². The van der Waals surface area contributed by atoms with Gasteiger partial charge in [0.05, 0.1) is 15.1 Å². The second kappa shape index (κ2) is 4.22. The standard InChI is InChI=1S/C12H17O3SSi/c1-7-8(2)11(17)10(16(13,14)15)6-9(7)12(3,4)5/h6H,1-5H3,(H,13,14,15). The molecule has 0 unspecified atom stereocenters. The fourth-order valence-corrected chi connectivity index (χ4v) is 3.19. The van der Waals surface area contributed by atoms with Crippen molar-refractivity contribution in [1.82, 2.24) is 0 Å². The van der Waals surface area contributed by atoms with Gasteiger partial charge in [-0.25, -0.2) is 0 Å². The van der Waals surface area contributed by atoms with Crippen molar-refractivity contribution in [3.8, 4) is 0 Å². The zero-order chi connectivity index (χ0) is 13.6. The lowest BCUT2D eigenvalue weighted by molar-refractivity contribution is 0.483. The van der Waals surface area contributed by atoms with Gasteiger partial charge in [-0.05, 0) is 47.2 Å². The van der Waals surface area contributed by atoms with Crippen LogP contribution in [0, 0.1) is 13.8 Å². The van der Waals surface area contributed by atoms with Crippen molar-refractivity contribution in [2.45, 2.75) is 44.9 Å². The van der Waals surface area contributed by atoms with Crippen LogP contribution in [0.15, 0.2) is 11.0 Å². The van der Waals surface area contributed by atoms with E-state index in [9.17, 15) is 13.0 Å². The maximum atomic E-state index is 11.3. The predicted molar refractivity (Wildman–Crippen MR) is 69.8 cm³/mol. The second-order valence-electron chi connectivity index (χ2n) is 5.27. The first-order chi connectivity index (χ1) is 7.46. The van der Waals surface area contributed by atoms with Gasteiger partial charge < -0.3 is 0 Å². The lowest BCUT2D eigenvalue weighted by atomic mass is 9.83. The van der Waals surface area contributed by atoms with Crippen LogP contribution in [0.2, 0.25) is 0 Å². The lowest BCUT2D eigenvalue weighted by Gasteiger charge is -2.25. The van der Waals surface area contributed by atoms with Crippen molar-refractivity contribution in [2.75, 3.05) is 0 Å². The Bertz CT molecular complexity index is 554. The highest BCUT2D eigenvalue weighted by atomic mass is 32.2. The first-order valence-electron chi connectivity index (χ1n) is 5.30. The normalized spacial score (nSPS) is 12.9. The van der Waals surface area contributed by atoms with Crippen molar-refractivity contribution in [1.29, 1.82) is 0 Å². The molecule has 3 nitrogen and oxygen atoms in total. The lowest BCUT2D eigenvalue weighted by Crippen LogP contribution is -2.24. The van der Waals surface area contributed by atoms with Gasteiger partial charge in [-0.2, -0.15) is 8.42 Å². The summed E-state index contributed by atoms with van der Waals surface area (Å²) in [4.78, 5) is -0.0674. The monoisotopic (exact) mass is 269 g/mol. The molecular weight excluding hydrogens is 252 g/mol. The fourth-order valence-electron chi connectivity index (χ4n) is 1.87. The zero-order valence-electron chi connectivity index (χ0n) is 10.7. The first kappa shape index (κ1) is 14.4. The van der Waals surface area contributed by atoms with Crippen molar-refractivity contribution in [3.05, 3.63) is 22.8 Å². The van der Waals surface area contributed by atoms with E-state index >= 15 is 0 Å². The van der Waals surface area contributed by atoms with Crippen LogP contribution >= 0.6 is 0 Å². The van der Waals surface area contributed by atoms with E-state index in [1.807, 2.05) is 34.6 Å². The minimum atomic E-state index is -4.20. The van der Waals surface area contributed by atoms with Crippen LogP contribution in [0.4, 0.5) is 0 Å². The van der Waals surface area contributed by atoms with Gasteiger partial charge in [0.15, 0.2) is 0 Å². The van der Waals surface area contributed by atoms with Gasteiger partial charge >= 0.3 is 0 Å². The Morgan fingerprint density at radius 3 is 2.00 bits per heavy atom. The molecule has 1 aromatic rings. The van der Waals surface area contributed by atoms with Crippen LogP contribution in [0.1, 0.15) is 37.5 Å². The molecule has 0 fully saturated rings. The number of rotatable bonds is 1. The van der Waals surface area contributed by atoms with Gasteiger partial charge in [-0.15, -0.1) is 0 Å². The van der Waals surface area contributed by atoms with Crippen LogP contribution in [-0.2, 0) is 15.5 Å². The topological polar surface area (TPSA) is 54.4 Å². The van der Waals surface area contributed by atoms with Gasteiger partial charge in [-0.3, -0.25) is 4.55 Å². The summed E-state index contributed by atoms with van der Waals surface area (Å²) >= 11 is 0. The van der Waals surface area contributed by atoms with Gasteiger partial charge in [0.1, 0.15) is 0 Å². The molecule has 0 heterocycles. The third-order valence-electron chi connectivity index (χ3n) is 2.95. The van der Waals surface area contributed by atoms with Crippen LogP contribution in [0.5, 0.6) is 0 Å². The molecule has 0 saturated carbocycles. The molecule has 0 aromatic heterocycles. The van der Waals surface area contributed by atoms with Gasteiger partial charge in [0.2, 0.25) is 0 Å². The number of benzene rings is 1. The summed E-state index contributed by atoms with van der Waals surface area (Å²) < 4.78 is 31.9. The quantitative estimate of drug-likeness (QED) is 0.623. The number of hydrogen-bond acceptors (Lipinski definition) is 2. The molecule has 0 spiro atoms. The Morgan fingerprint density at radius 2 is 1.65 bits per heavy atom. The van der Waals surface area contributed by atoms with E-state index in [0.717, 1.165) is 16.7 Å². The molecule has 1 aromatic carbocycles. The minimum absolute atomic E-state index is 0.0674. The van der Waals surface area contributed by atoms with Crippen LogP contribution < -0.4 is 5.19 Å². The van der Waals surface area contributed by atoms with Crippen LogP contribution in [0.3, 0.4) is 0 Å². The van der Waals surface area contributed by atoms with E-state index in [2.05, 4.69) is 10.2 Å². The zero-order valence-corrected chi connectivity index (χ0v) is 12.6. The van der Waals surface area contributed by atoms with E-state index in [-0.39, 0.29) is 10.3 Å². The highest BCUT2D eigenvalue weighted by Gasteiger charge is 2.23. The molecule has 0 saturated heterocycles. The summed E-state index contributed by atoms with van der Waals surface area (Å²) in [5, 5.41) is 0.429. The average molecular weight is 269 g/mol. The molecule has 3 radical (unpaired) electrons. The smallest absolute Gasteiger partial charge is 0.282 e. The molecular formula is C12H17O3SSi. The highest BCUT2D eigenvalue weighted by Crippen LogP contribution is 2.28. The molecule has 17 heavy (non-hydrogen) atoms. The number of hydrogen-bond donors (Lipinski definition) is 1. The summed E-state index contributed by atoms with van der Waals surface area (Å²) in [5.74, 6) is 0. The Kier molecular flexibility index (Phi) is 3.58. The summed E-state index contributed by atoms with van der Waals surface area (Å²) in [6, 6.07) is 1.54. The molecule has 0 aliphatic carbocycles. The highest BCUT2D eigenvalue weighted by molar-refractivity contribution is 7.86.